The van der Waals surface area contributed by atoms with Crippen LogP contribution < -0.4 is 0 Å². The number of benzene rings is 4. The van der Waals surface area contributed by atoms with Gasteiger partial charge in [0.05, 0.1) is 0 Å². The average Bonchev–Trinajstić information content (AvgIpc) is 2.77. The summed E-state index contributed by atoms with van der Waals surface area (Å²) in [6.07, 6.45) is 4.68. The molecule has 0 N–H and O–H groups in total. The molecule has 0 aliphatic rings. The van der Waals surface area contributed by atoms with Crippen molar-refractivity contribution in [1.29, 1.82) is 0 Å². The van der Waals surface area contributed by atoms with Gasteiger partial charge in [-0.3, -0.25) is 9.59 Å². The Kier molecular flexibility index (Phi) is 5.68. The number of hydrogen-bond donors (Lipinski definition) is 0. The maximum atomic E-state index is 11.3. The van der Waals surface area contributed by atoms with Gasteiger partial charge >= 0.3 is 0 Å². The molecule has 0 fully saturated rings. The summed E-state index contributed by atoms with van der Waals surface area (Å²) in [4.78, 5) is 24.2. The van der Waals surface area contributed by atoms with Crippen molar-refractivity contribution in [2.75, 3.05) is 0 Å². The van der Waals surface area contributed by atoms with E-state index in [0.29, 0.717) is 0 Å². The van der Waals surface area contributed by atoms with E-state index in [1.807, 2.05) is 60.7 Å². The minimum Gasteiger partial charge on any atom is -0.299 e. The normalized spacial score (nSPS) is 12.3. The highest BCUT2D eigenvalue weighted by atomic mass is 32.2. The third kappa shape index (κ3) is 4.20. The third-order valence-corrected chi connectivity index (χ3v) is 5.91. The van der Waals surface area contributed by atoms with Crippen molar-refractivity contribution in [1.82, 2.24) is 0 Å². The van der Waals surface area contributed by atoms with Crippen LogP contribution in [0.25, 0.3) is 31.4 Å². The van der Waals surface area contributed by atoms with Gasteiger partial charge in [0.2, 0.25) is 0 Å². The lowest BCUT2D eigenvalue weighted by molar-refractivity contribution is -0.104. The van der Waals surface area contributed by atoms with Gasteiger partial charge in [0.25, 0.3) is 0 Å². The fourth-order valence-corrected chi connectivity index (χ4v) is 4.28. The number of fused-ring (bicyclic) bond motifs is 2. The van der Waals surface area contributed by atoms with Crippen molar-refractivity contribution in [3.8, 4) is 0 Å². The monoisotopic (exact) mass is 394 g/mol. The highest BCUT2D eigenvalue weighted by Crippen LogP contribution is 2.40. The minimum atomic E-state index is 0.788. The topological polar surface area (TPSA) is 34.1 Å². The second-order valence-electron chi connectivity index (χ2n) is 6.56. The fraction of sp³-hybridized carbons (Fsp3) is 0. The predicted molar refractivity (Wildman–Crippen MR) is 124 cm³/mol. The molecule has 0 aliphatic heterocycles. The summed E-state index contributed by atoms with van der Waals surface area (Å²) in [6.45, 7) is 0. The molecule has 0 aromatic heterocycles. The lowest BCUT2D eigenvalue weighted by Gasteiger charge is -2.12. The zero-order valence-corrected chi connectivity index (χ0v) is 16.4. The van der Waals surface area contributed by atoms with E-state index in [1.165, 1.54) is 11.8 Å². The lowest BCUT2D eigenvalue weighted by atomic mass is 10.1. The molecule has 0 heterocycles. The van der Waals surface area contributed by atoms with Crippen molar-refractivity contribution in [3.63, 3.8) is 0 Å². The molecule has 140 valence electrons. The number of thioether (sulfide) groups is 1. The first-order valence-corrected chi connectivity index (χ1v) is 10.1. The van der Waals surface area contributed by atoms with Crippen molar-refractivity contribution < 1.29 is 9.59 Å². The first-order chi connectivity index (χ1) is 14.3. The summed E-state index contributed by atoms with van der Waals surface area (Å²) < 4.78 is 0. The first kappa shape index (κ1) is 18.9. The van der Waals surface area contributed by atoms with E-state index in [1.54, 1.807) is 12.2 Å². The number of aldehydes is 2. The Morgan fingerprint density at radius 1 is 0.552 bits per heavy atom. The van der Waals surface area contributed by atoms with Crippen LogP contribution in [-0.4, -0.2) is 12.6 Å². The predicted octanol–water partition coefficient (Wildman–Crippen LogP) is 6.51. The maximum absolute atomic E-state index is 11.3. The summed E-state index contributed by atoms with van der Waals surface area (Å²) >= 11 is 1.42. The molecule has 0 saturated heterocycles. The summed E-state index contributed by atoms with van der Waals surface area (Å²) in [5, 5.41) is 4.50. The molecule has 0 spiro atoms. The largest absolute Gasteiger partial charge is 0.299 e. The zero-order chi connectivity index (χ0) is 20.1. The summed E-state index contributed by atoms with van der Waals surface area (Å²) in [6, 6.07) is 28.4. The molecule has 0 radical (unpaired) electrons. The Balaban J connectivity index is 1.74. The number of rotatable bonds is 6. The molecule has 0 aliphatic carbocycles. The number of allylic oxidation sites excluding steroid dienone is 2. The number of carbonyl (C=O) groups excluding carboxylic acids is 2. The summed E-state index contributed by atoms with van der Waals surface area (Å²) in [7, 11) is 0. The number of hydrogen-bond acceptors (Lipinski definition) is 3. The quantitative estimate of drug-likeness (QED) is 0.276. The van der Waals surface area contributed by atoms with E-state index >= 15 is 0 Å². The minimum absolute atomic E-state index is 0.788. The molecule has 0 atom stereocenters. The third-order valence-electron chi connectivity index (χ3n) is 4.73. The van der Waals surface area contributed by atoms with Crippen LogP contribution in [0, 0.1) is 0 Å². The molecular formula is C26H18O2S. The van der Waals surface area contributed by atoms with Gasteiger partial charge in [0.15, 0.2) is 0 Å². The average molecular weight is 394 g/mol. The van der Waals surface area contributed by atoms with Crippen molar-refractivity contribution in [2.24, 2.45) is 0 Å². The van der Waals surface area contributed by atoms with Crippen LogP contribution in [-0.2, 0) is 9.59 Å². The molecule has 4 rings (SSSR count). The van der Waals surface area contributed by atoms with Gasteiger partial charge < -0.3 is 0 Å². The van der Waals surface area contributed by atoms with Gasteiger partial charge in [0, 0.05) is 9.81 Å². The zero-order valence-electron chi connectivity index (χ0n) is 15.6. The second-order valence-corrected chi connectivity index (χ2v) is 7.64. The fourth-order valence-electron chi connectivity index (χ4n) is 3.31. The van der Waals surface area contributed by atoms with Gasteiger partial charge in [-0.1, -0.05) is 84.6 Å². The van der Waals surface area contributed by atoms with Gasteiger partial charge in [-0.25, -0.2) is 0 Å². The van der Waals surface area contributed by atoms with Crippen LogP contribution in [0.2, 0.25) is 0 Å². The maximum Gasteiger partial charge on any atom is 0.143 e. The van der Waals surface area contributed by atoms with E-state index in [9.17, 15) is 9.59 Å². The van der Waals surface area contributed by atoms with Crippen molar-refractivity contribution in [2.45, 2.75) is 0 Å². The Labute approximate surface area is 173 Å². The smallest absolute Gasteiger partial charge is 0.143 e. The van der Waals surface area contributed by atoms with E-state index in [0.717, 1.165) is 55.1 Å². The molecule has 4 aromatic rings. The Bertz CT molecular complexity index is 1170. The number of carbonyl (C=O) groups is 2. The van der Waals surface area contributed by atoms with Crippen LogP contribution in [0.4, 0.5) is 0 Å². The van der Waals surface area contributed by atoms with Crippen LogP contribution in [0.1, 0.15) is 11.1 Å². The second kappa shape index (κ2) is 8.72. The Morgan fingerprint density at radius 3 is 1.38 bits per heavy atom. The SMILES string of the molecule is O=CC=C(SC(=CC=O)c1ccc2ccccc2c1)c1ccc2ccccc2c1. The summed E-state index contributed by atoms with van der Waals surface area (Å²) in [5.74, 6) is 0. The molecule has 0 unspecified atom stereocenters. The molecule has 3 heteroatoms. The molecule has 0 bridgehead atoms. The van der Waals surface area contributed by atoms with E-state index in [4.69, 9.17) is 0 Å². The van der Waals surface area contributed by atoms with Gasteiger partial charge in [-0.15, -0.1) is 0 Å². The molecule has 4 aromatic carbocycles. The van der Waals surface area contributed by atoms with Crippen LogP contribution >= 0.6 is 11.8 Å². The van der Waals surface area contributed by atoms with Crippen LogP contribution in [0.15, 0.2) is 97.1 Å². The van der Waals surface area contributed by atoms with E-state index in [-0.39, 0.29) is 0 Å². The molecule has 29 heavy (non-hydrogen) atoms. The Hall–Kier alpha value is -3.43. The summed E-state index contributed by atoms with van der Waals surface area (Å²) in [5.41, 5.74) is 1.89. The van der Waals surface area contributed by atoms with Crippen LogP contribution in [0.5, 0.6) is 0 Å². The first-order valence-electron chi connectivity index (χ1n) is 9.25. The molecule has 0 amide bonds. The molecule has 0 saturated carbocycles. The Morgan fingerprint density at radius 2 is 0.966 bits per heavy atom. The lowest BCUT2D eigenvalue weighted by Crippen LogP contribution is -1.87. The van der Waals surface area contributed by atoms with E-state index in [2.05, 4.69) is 24.3 Å². The highest BCUT2D eigenvalue weighted by Gasteiger charge is 2.10. The van der Waals surface area contributed by atoms with Crippen molar-refractivity contribution >= 4 is 55.7 Å². The molecule has 2 nitrogen and oxygen atoms in total. The standard InChI is InChI=1S/C26H18O2S/c27-15-13-25(23-11-9-19-5-1-3-7-21(19)17-23)29-26(14-16-28)24-12-10-20-6-2-4-8-22(20)18-24/h1-18H. The van der Waals surface area contributed by atoms with Crippen molar-refractivity contribution in [3.05, 3.63) is 108 Å². The van der Waals surface area contributed by atoms with Gasteiger partial charge in [0.1, 0.15) is 12.6 Å². The highest BCUT2D eigenvalue weighted by molar-refractivity contribution is 8.16. The van der Waals surface area contributed by atoms with E-state index < -0.39 is 0 Å². The molecular weight excluding hydrogens is 376 g/mol. The van der Waals surface area contributed by atoms with Gasteiger partial charge in [-0.2, -0.15) is 0 Å². The van der Waals surface area contributed by atoms with Gasteiger partial charge in [-0.05, 0) is 57.0 Å². The van der Waals surface area contributed by atoms with Crippen LogP contribution in [0.3, 0.4) is 0 Å².